The number of amides is 3. The lowest BCUT2D eigenvalue weighted by atomic mass is 9.87. The van der Waals surface area contributed by atoms with Crippen molar-refractivity contribution < 1.29 is 33.8 Å². The van der Waals surface area contributed by atoms with Crippen molar-refractivity contribution in [3.8, 4) is 0 Å². The summed E-state index contributed by atoms with van der Waals surface area (Å²) in [6.07, 6.45) is 6.54. The molecular formula is C41H57N3O7. The molecule has 3 amide bonds. The van der Waals surface area contributed by atoms with Crippen molar-refractivity contribution in [2.75, 3.05) is 13.1 Å². The Morgan fingerprint density at radius 3 is 2.18 bits per heavy atom. The molecule has 3 N–H and O–H groups in total. The summed E-state index contributed by atoms with van der Waals surface area (Å²) in [5.41, 5.74) is 1.89. The minimum Gasteiger partial charge on any atom is -0.480 e. The molecular weight excluding hydrogens is 646 g/mol. The number of nitrogens with zero attached hydrogens (tertiary/aromatic N) is 1. The fourth-order valence-corrected chi connectivity index (χ4v) is 6.62. The molecule has 10 heteroatoms. The number of hydrogen-bond donors (Lipinski definition) is 3. The summed E-state index contributed by atoms with van der Waals surface area (Å²) in [5.74, 6) is -2.57. The van der Waals surface area contributed by atoms with Crippen LogP contribution in [0.15, 0.2) is 72.8 Å². The second-order valence-corrected chi connectivity index (χ2v) is 14.5. The third-order valence-electron chi connectivity index (χ3n) is 9.37. The molecule has 1 aliphatic rings. The van der Waals surface area contributed by atoms with Crippen LogP contribution in [0, 0.1) is 29.6 Å². The number of hydrogen-bond acceptors (Lipinski definition) is 6. The van der Waals surface area contributed by atoms with Crippen LogP contribution >= 0.6 is 0 Å². The highest BCUT2D eigenvalue weighted by molar-refractivity contribution is 5.94. The normalized spacial score (nSPS) is 16.8. The van der Waals surface area contributed by atoms with E-state index in [-0.39, 0.29) is 50.0 Å². The van der Waals surface area contributed by atoms with E-state index >= 15 is 0 Å². The molecule has 0 saturated carbocycles. The summed E-state index contributed by atoms with van der Waals surface area (Å²) in [7, 11) is 0. The summed E-state index contributed by atoms with van der Waals surface area (Å²) >= 11 is 0. The van der Waals surface area contributed by atoms with E-state index in [1.165, 1.54) is 0 Å². The first-order valence-electron chi connectivity index (χ1n) is 18.4. The van der Waals surface area contributed by atoms with E-state index in [1.807, 2.05) is 80.6 Å². The lowest BCUT2D eigenvalue weighted by Crippen LogP contribution is -2.47. The summed E-state index contributed by atoms with van der Waals surface area (Å²) in [4.78, 5) is 67.2. The van der Waals surface area contributed by atoms with Crippen LogP contribution < -0.4 is 10.6 Å². The number of carboxylic acid groups (broad SMARTS) is 1. The first-order chi connectivity index (χ1) is 24.3. The average molecular weight is 704 g/mol. The number of carboxylic acids is 1. The van der Waals surface area contributed by atoms with Gasteiger partial charge in [0.25, 0.3) is 0 Å². The lowest BCUT2D eigenvalue weighted by Gasteiger charge is -2.29. The van der Waals surface area contributed by atoms with E-state index in [0.29, 0.717) is 37.6 Å². The monoisotopic (exact) mass is 703 g/mol. The molecule has 278 valence electrons. The topological polar surface area (TPSA) is 142 Å². The van der Waals surface area contributed by atoms with Gasteiger partial charge in [-0.1, -0.05) is 107 Å². The quantitative estimate of drug-likeness (QED) is 0.104. The summed E-state index contributed by atoms with van der Waals surface area (Å²) in [5, 5.41) is 15.1. The maximum Gasteiger partial charge on any atom is 0.407 e. The second-order valence-electron chi connectivity index (χ2n) is 14.5. The minimum absolute atomic E-state index is 0.0792. The van der Waals surface area contributed by atoms with Gasteiger partial charge in [0.15, 0.2) is 5.78 Å². The van der Waals surface area contributed by atoms with Crippen LogP contribution in [0.4, 0.5) is 4.79 Å². The zero-order valence-electron chi connectivity index (χ0n) is 30.9. The van der Waals surface area contributed by atoms with Gasteiger partial charge in [-0.3, -0.25) is 14.4 Å². The number of Topliss-reactive ketones (excluding diaryl/α,β-unsaturated/α-hetero) is 1. The van der Waals surface area contributed by atoms with Gasteiger partial charge in [0, 0.05) is 25.4 Å². The summed E-state index contributed by atoms with van der Waals surface area (Å²) in [6.45, 7) is 10.9. The Morgan fingerprint density at radius 1 is 0.922 bits per heavy atom. The van der Waals surface area contributed by atoms with Gasteiger partial charge in [-0.25, -0.2) is 9.59 Å². The number of allylic oxidation sites excluding steroid dienone is 1. The van der Waals surface area contributed by atoms with Gasteiger partial charge >= 0.3 is 12.1 Å². The van der Waals surface area contributed by atoms with Gasteiger partial charge in [-0.05, 0) is 67.4 Å². The molecule has 10 nitrogen and oxygen atoms in total. The van der Waals surface area contributed by atoms with Crippen molar-refractivity contribution in [3.63, 3.8) is 0 Å². The number of likely N-dealkylation sites (tertiary alicyclic amines) is 1. The van der Waals surface area contributed by atoms with Gasteiger partial charge in [-0.15, -0.1) is 0 Å². The van der Waals surface area contributed by atoms with Crippen molar-refractivity contribution in [1.82, 2.24) is 15.5 Å². The molecule has 0 radical (unpaired) electrons. The van der Waals surface area contributed by atoms with Gasteiger partial charge < -0.3 is 25.4 Å². The molecule has 3 rings (SSSR count). The van der Waals surface area contributed by atoms with Crippen molar-refractivity contribution in [2.24, 2.45) is 29.6 Å². The number of alkyl carbamates (subject to hydrolysis) is 1. The van der Waals surface area contributed by atoms with Crippen molar-refractivity contribution in [3.05, 3.63) is 83.9 Å². The maximum absolute atomic E-state index is 14.1. The SMILES string of the molecule is CC(C)C[C@H](C)/C=C/[C@H](Cc1ccccc1)C(=O)N1CCC[C@@H]1C(=O)C[C@H](C(=O)N[C@@H](CCCNC(=O)OCc1ccccc1)C(=O)O)C(C)C. The molecule has 1 fully saturated rings. The van der Waals surface area contributed by atoms with Crippen LogP contribution in [0.3, 0.4) is 0 Å². The molecule has 0 aromatic heterocycles. The molecule has 51 heavy (non-hydrogen) atoms. The predicted molar refractivity (Wildman–Crippen MR) is 198 cm³/mol. The molecule has 1 heterocycles. The zero-order valence-corrected chi connectivity index (χ0v) is 30.9. The molecule has 2 aromatic rings. The van der Waals surface area contributed by atoms with Gasteiger partial charge in [0.1, 0.15) is 12.6 Å². The van der Waals surface area contributed by atoms with Crippen LogP contribution in [0.1, 0.15) is 84.3 Å². The Hall–Kier alpha value is -4.47. The first kappa shape index (κ1) is 41.0. The van der Waals surface area contributed by atoms with Crippen LogP contribution in [0.5, 0.6) is 0 Å². The van der Waals surface area contributed by atoms with Gasteiger partial charge in [-0.2, -0.15) is 0 Å². The van der Waals surface area contributed by atoms with Gasteiger partial charge in [0.2, 0.25) is 11.8 Å². The first-order valence-corrected chi connectivity index (χ1v) is 18.4. The molecule has 5 atom stereocenters. The average Bonchev–Trinajstić information content (AvgIpc) is 3.59. The number of rotatable bonds is 20. The van der Waals surface area contributed by atoms with E-state index in [4.69, 9.17) is 4.74 Å². The number of aliphatic carboxylic acids is 1. The van der Waals surface area contributed by atoms with E-state index < -0.39 is 41.9 Å². The Kier molecular flexibility index (Phi) is 16.9. The Balaban J connectivity index is 1.60. The number of ether oxygens (including phenoxy) is 1. The number of nitrogens with one attached hydrogen (secondary N) is 2. The Bertz CT molecular complexity index is 1440. The summed E-state index contributed by atoms with van der Waals surface area (Å²) in [6, 6.07) is 17.3. The molecule has 1 saturated heterocycles. The Morgan fingerprint density at radius 2 is 1.57 bits per heavy atom. The van der Waals surface area contributed by atoms with Crippen LogP contribution in [0.2, 0.25) is 0 Å². The molecule has 0 aliphatic carbocycles. The fraction of sp³-hybridized carbons (Fsp3) is 0.537. The van der Waals surface area contributed by atoms with E-state index in [0.717, 1.165) is 17.5 Å². The van der Waals surface area contributed by atoms with E-state index in [1.54, 1.807) is 4.90 Å². The third kappa shape index (κ3) is 14.0. The van der Waals surface area contributed by atoms with Crippen molar-refractivity contribution in [2.45, 2.75) is 98.3 Å². The van der Waals surface area contributed by atoms with Gasteiger partial charge in [0.05, 0.1) is 12.0 Å². The molecule has 0 bridgehead atoms. The highest BCUT2D eigenvalue weighted by Crippen LogP contribution is 2.27. The standard InChI is InChI=1S/C41H57N3O7/c1-28(2)24-30(5)20-21-33(25-31-14-8-6-9-15-31)39(47)44-23-13-19-36(44)37(45)26-34(29(3)4)38(46)43-35(40(48)49)18-12-22-42-41(50)51-27-32-16-10-7-11-17-32/h6-11,14-17,20-21,28-30,33-36H,12-13,18-19,22-27H2,1-5H3,(H,42,50)(H,43,46)(H,48,49)/b21-20+/t30-,33-,34+,35+,36-/m1/s1. The number of ketones is 1. The molecule has 2 aromatic carbocycles. The van der Waals surface area contributed by atoms with Crippen molar-refractivity contribution in [1.29, 1.82) is 0 Å². The fourth-order valence-electron chi connectivity index (χ4n) is 6.62. The maximum atomic E-state index is 14.1. The molecule has 1 aliphatic heterocycles. The zero-order chi connectivity index (χ0) is 37.3. The summed E-state index contributed by atoms with van der Waals surface area (Å²) < 4.78 is 5.18. The van der Waals surface area contributed by atoms with Crippen molar-refractivity contribution >= 4 is 29.7 Å². The lowest BCUT2D eigenvalue weighted by molar-refractivity contribution is -0.144. The minimum atomic E-state index is -1.20. The van der Waals surface area contributed by atoms with Crippen LogP contribution in [-0.2, 0) is 36.9 Å². The van der Waals surface area contributed by atoms with Crippen LogP contribution in [0.25, 0.3) is 0 Å². The Labute approximate surface area is 303 Å². The second kappa shape index (κ2) is 21.0. The number of carbonyl (C=O) groups excluding carboxylic acids is 4. The largest absolute Gasteiger partial charge is 0.480 e. The number of benzene rings is 2. The van der Waals surface area contributed by atoms with E-state index in [9.17, 15) is 29.1 Å². The smallest absolute Gasteiger partial charge is 0.407 e. The molecule has 0 unspecified atom stereocenters. The third-order valence-corrected chi connectivity index (χ3v) is 9.37. The highest BCUT2D eigenvalue weighted by Gasteiger charge is 2.39. The van der Waals surface area contributed by atoms with Crippen LogP contribution in [-0.4, -0.2) is 64.8 Å². The highest BCUT2D eigenvalue weighted by atomic mass is 16.5. The molecule has 0 spiro atoms. The number of carbonyl (C=O) groups is 5. The predicted octanol–water partition coefficient (Wildman–Crippen LogP) is 6.58. The van der Waals surface area contributed by atoms with E-state index in [2.05, 4.69) is 37.5 Å².